The van der Waals surface area contributed by atoms with Crippen LogP contribution in [0.5, 0.6) is 0 Å². The van der Waals surface area contributed by atoms with Gasteiger partial charge in [0.05, 0.1) is 24.4 Å². The summed E-state index contributed by atoms with van der Waals surface area (Å²) < 4.78 is 16.9. The Morgan fingerprint density at radius 1 is 1.02 bits per heavy atom. The number of aliphatic hydroxyl groups excluding tert-OH is 1. The molecule has 0 amide bonds. The molecule has 0 aliphatic carbocycles. The zero-order valence-corrected chi connectivity index (χ0v) is 22.3. The molecule has 4 aromatic heterocycles. The van der Waals surface area contributed by atoms with Gasteiger partial charge in [0, 0.05) is 54.6 Å². The Hall–Kier alpha value is -4.48. The fourth-order valence-electron chi connectivity index (χ4n) is 4.99. The van der Waals surface area contributed by atoms with E-state index in [1.54, 1.807) is 48.7 Å². The van der Waals surface area contributed by atoms with E-state index in [-0.39, 0.29) is 5.82 Å². The minimum atomic E-state index is -0.839. The molecule has 11 heteroatoms. The number of anilines is 1. The fraction of sp³-hybridized carbons (Fsp3) is 0.276. The van der Waals surface area contributed by atoms with Crippen LogP contribution < -0.4 is 10.6 Å². The number of hydrogen-bond acceptors (Lipinski definition) is 8. The van der Waals surface area contributed by atoms with Gasteiger partial charge >= 0.3 is 0 Å². The molecule has 1 aliphatic rings. The molecule has 0 spiro atoms. The smallest absolute Gasteiger partial charge is 0.156 e. The lowest BCUT2D eigenvalue weighted by Gasteiger charge is -2.28. The molecule has 1 aliphatic heterocycles. The van der Waals surface area contributed by atoms with E-state index in [2.05, 4.69) is 42.2 Å². The maximum atomic E-state index is 13.4. The first-order valence-electron chi connectivity index (χ1n) is 13.1. The first kappa shape index (κ1) is 25.8. The van der Waals surface area contributed by atoms with Gasteiger partial charge in [-0.05, 0) is 49.6 Å². The predicted molar refractivity (Wildman–Crippen MR) is 150 cm³/mol. The highest BCUT2D eigenvalue weighted by molar-refractivity contribution is 5.78. The summed E-state index contributed by atoms with van der Waals surface area (Å²) >= 11 is 0. The van der Waals surface area contributed by atoms with Gasteiger partial charge in [-0.25, -0.2) is 23.9 Å². The second-order valence-corrected chi connectivity index (χ2v) is 10.4. The van der Waals surface area contributed by atoms with Crippen molar-refractivity contribution in [2.75, 3.05) is 18.0 Å². The van der Waals surface area contributed by atoms with Gasteiger partial charge in [0.2, 0.25) is 0 Å². The number of benzene rings is 1. The standard InChI is InChI=1S/C29H30FN9O/c1-19(40)15-38-16-22(12-35-38)21-11-26-28(34-18-36-39(26)17-21)37-9-7-20(8-10-37)27-32-13-24(14-33-27)29(2,31)23-3-5-25(30)6-4-23/h3-7,11-14,16-19,40H,8-10,15,31H2,1-2H3/t19-,29+/m1/s1. The predicted octanol–water partition coefficient (Wildman–Crippen LogP) is 3.42. The Morgan fingerprint density at radius 3 is 2.50 bits per heavy atom. The molecule has 0 radical (unpaired) electrons. The fourth-order valence-corrected chi connectivity index (χ4v) is 4.99. The molecule has 3 N–H and O–H groups in total. The van der Waals surface area contributed by atoms with Crippen molar-refractivity contribution >= 4 is 16.9 Å². The van der Waals surface area contributed by atoms with Crippen molar-refractivity contribution in [1.29, 1.82) is 0 Å². The Balaban J connectivity index is 1.19. The normalized spacial score (nSPS) is 16.1. The molecule has 0 saturated heterocycles. The second-order valence-electron chi connectivity index (χ2n) is 10.4. The van der Waals surface area contributed by atoms with Crippen LogP contribution in [0.25, 0.3) is 22.2 Å². The zero-order chi connectivity index (χ0) is 27.9. The quantitative estimate of drug-likeness (QED) is 0.323. The summed E-state index contributed by atoms with van der Waals surface area (Å²) in [5, 5.41) is 18.4. The van der Waals surface area contributed by atoms with Crippen LogP contribution in [-0.4, -0.2) is 58.6 Å². The number of nitrogens with zero attached hydrogens (tertiary/aromatic N) is 8. The third-order valence-electron chi connectivity index (χ3n) is 7.29. The average molecular weight is 540 g/mol. The Morgan fingerprint density at radius 2 is 1.80 bits per heavy atom. The van der Waals surface area contributed by atoms with E-state index in [1.165, 1.54) is 12.1 Å². The number of aliphatic hydroxyl groups is 1. The van der Waals surface area contributed by atoms with Gasteiger partial charge < -0.3 is 15.7 Å². The van der Waals surface area contributed by atoms with Crippen LogP contribution in [0.3, 0.4) is 0 Å². The summed E-state index contributed by atoms with van der Waals surface area (Å²) in [6.45, 7) is 5.45. The molecule has 5 heterocycles. The first-order chi connectivity index (χ1) is 19.3. The van der Waals surface area contributed by atoms with Crippen molar-refractivity contribution in [3.8, 4) is 11.1 Å². The first-order valence-corrected chi connectivity index (χ1v) is 13.1. The Bertz CT molecular complexity index is 1670. The van der Waals surface area contributed by atoms with Crippen molar-refractivity contribution in [1.82, 2.24) is 34.3 Å². The summed E-state index contributed by atoms with van der Waals surface area (Å²) in [4.78, 5) is 16.0. The van der Waals surface area contributed by atoms with Crippen LogP contribution >= 0.6 is 0 Å². The second kappa shape index (κ2) is 10.2. The maximum Gasteiger partial charge on any atom is 0.156 e. The van der Waals surface area contributed by atoms with Gasteiger partial charge in [0.25, 0.3) is 0 Å². The number of nitrogens with two attached hydrogens (primary N) is 1. The van der Waals surface area contributed by atoms with Crippen LogP contribution in [0.15, 0.2) is 73.7 Å². The number of rotatable bonds is 7. The van der Waals surface area contributed by atoms with Gasteiger partial charge in [-0.1, -0.05) is 18.2 Å². The summed E-state index contributed by atoms with van der Waals surface area (Å²) in [6.07, 6.45) is 13.1. The lowest BCUT2D eigenvalue weighted by Crippen LogP contribution is -2.34. The van der Waals surface area contributed by atoms with E-state index in [0.29, 0.717) is 18.9 Å². The average Bonchev–Trinajstić information content (AvgIpc) is 3.60. The highest BCUT2D eigenvalue weighted by Gasteiger charge is 2.26. The summed E-state index contributed by atoms with van der Waals surface area (Å²) in [6, 6.07) is 8.24. The largest absolute Gasteiger partial charge is 0.391 e. The SMILES string of the molecule is C[C@@H](O)Cn1cc(-c2cc3c(N4CC=C(c5ncc([C@@](C)(N)c6ccc(F)cc6)cn5)CC4)ncnn3c2)cn1. The van der Waals surface area contributed by atoms with E-state index in [0.717, 1.165) is 52.1 Å². The minimum Gasteiger partial charge on any atom is -0.391 e. The summed E-state index contributed by atoms with van der Waals surface area (Å²) in [7, 11) is 0. The third-order valence-corrected chi connectivity index (χ3v) is 7.29. The molecular formula is C29H30FN9O. The zero-order valence-electron chi connectivity index (χ0n) is 22.3. The monoisotopic (exact) mass is 539 g/mol. The number of fused-ring (bicyclic) bond motifs is 1. The van der Waals surface area contributed by atoms with E-state index >= 15 is 0 Å². The van der Waals surface area contributed by atoms with E-state index in [4.69, 9.17) is 5.73 Å². The molecule has 0 unspecified atom stereocenters. The van der Waals surface area contributed by atoms with E-state index in [9.17, 15) is 9.50 Å². The van der Waals surface area contributed by atoms with Gasteiger partial charge in [-0.2, -0.15) is 10.2 Å². The molecular weight excluding hydrogens is 509 g/mol. The van der Waals surface area contributed by atoms with Crippen molar-refractivity contribution in [2.45, 2.75) is 38.5 Å². The van der Waals surface area contributed by atoms with Crippen LogP contribution in [0.1, 0.15) is 37.2 Å². The molecule has 0 saturated carbocycles. The van der Waals surface area contributed by atoms with Gasteiger partial charge in [0.1, 0.15) is 17.7 Å². The van der Waals surface area contributed by atoms with E-state index in [1.807, 2.05) is 23.8 Å². The van der Waals surface area contributed by atoms with E-state index < -0.39 is 11.6 Å². The van der Waals surface area contributed by atoms with Crippen LogP contribution in [-0.2, 0) is 12.1 Å². The Kier molecular flexibility index (Phi) is 6.60. The van der Waals surface area contributed by atoms with Crippen molar-refractivity contribution in [3.63, 3.8) is 0 Å². The van der Waals surface area contributed by atoms with Crippen molar-refractivity contribution < 1.29 is 9.50 Å². The van der Waals surface area contributed by atoms with Crippen molar-refractivity contribution in [2.24, 2.45) is 5.73 Å². The summed E-state index contributed by atoms with van der Waals surface area (Å²) in [5.74, 6) is 1.22. The molecule has 6 rings (SSSR count). The molecule has 204 valence electrons. The maximum absolute atomic E-state index is 13.4. The molecule has 10 nitrogen and oxygen atoms in total. The molecule has 2 atom stereocenters. The minimum absolute atomic E-state index is 0.300. The van der Waals surface area contributed by atoms with Crippen molar-refractivity contribution in [3.05, 3.63) is 96.5 Å². The Labute approximate surface area is 230 Å². The number of halogens is 1. The lowest BCUT2D eigenvalue weighted by molar-refractivity contribution is 0.168. The summed E-state index contributed by atoms with van der Waals surface area (Å²) in [5.41, 5.74) is 11.2. The highest BCUT2D eigenvalue weighted by Crippen LogP contribution is 2.30. The number of aromatic nitrogens is 7. The molecule has 0 fully saturated rings. The van der Waals surface area contributed by atoms with Gasteiger partial charge in [0.15, 0.2) is 11.6 Å². The molecule has 5 aromatic rings. The number of hydrogen-bond donors (Lipinski definition) is 2. The van der Waals surface area contributed by atoms with Gasteiger partial charge in [-0.3, -0.25) is 4.68 Å². The molecule has 40 heavy (non-hydrogen) atoms. The van der Waals surface area contributed by atoms with Crippen LogP contribution in [0.2, 0.25) is 0 Å². The van der Waals surface area contributed by atoms with Crippen LogP contribution in [0.4, 0.5) is 10.2 Å². The third kappa shape index (κ3) is 4.96. The lowest BCUT2D eigenvalue weighted by atomic mass is 9.87. The topological polar surface area (TPSA) is 123 Å². The molecule has 1 aromatic carbocycles. The molecule has 0 bridgehead atoms. The van der Waals surface area contributed by atoms with Crippen LogP contribution in [0, 0.1) is 5.82 Å². The van der Waals surface area contributed by atoms with Gasteiger partial charge in [-0.15, -0.1) is 0 Å². The highest BCUT2D eigenvalue weighted by atomic mass is 19.1.